The molecule has 128 valence electrons. The Kier molecular flexibility index (Phi) is 4.57. The number of fused-ring (bicyclic) bond motifs is 1. The van der Waals surface area contributed by atoms with Gasteiger partial charge < -0.3 is 18.8 Å². The van der Waals surface area contributed by atoms with Crippen molar-refractivity contribution in [3.63, 3.8) is 0 Å². The van der Waals surface area contributed by atoms with Crippen LogP contribution in [0, 0.1) is 6.92 Å². The summed E-state index contributed by atoms with van der Waals surface area (Å²) in [5.74, 6) is 1.17. The van der Waals surface area contributed by atoms with Crippen LogP contribution in [0.15, 0.2) is 18.2 Å². The average Bonchev–Trinajstić information content (AvgIpc) is 2.81. The number of rotatable bonds is 3. The van der Waals surface area contributed by atoms with Crippen molar-refractivity contribution in [2.24, 2.45) is 0 Å². The van der Waals surface area contributed by atoms with E-state index in [2.05, 4.69) is 9.55 Å². The van der Waals surface area contributed by atoms with E-state index in [1.165, 1.54) is 7.11 Å². The van der Waals surface area contributed by atoms with Crippen LogP contribution in [0.4, 0.5) is 0 Å². The lowest BCUT2D eigenvalue weighted by Crippen LogP contribution is -2.15. The molecule has 1 aromatic heterocycles. The number of imidazole rings is 1. The van der Waals surface area contributed by atoms with Gasteiger partial charge in [0, 0.05) is 12.0 Å². The number of hydrogen-bond donors (Lipinski definition) is 0. The fraction of sp³-hybridized carbons (Fsp3) is 0.444. The van der Waals surface area contributed by atoms with Gasteiger partial charge in [-0.25, -0.2) is 9.78 Å². The van der Waals surface area contributed by atoms with E-state index >= 15 is 0 Å². The lowest BCUT2D eigenvalue weighted by atomic mass is 10.1. The number of esters is 1. The molecule has 0 radical (unpaired) electrons. The molecular formula is C18H22N2O4. The monoisotopic (exact) mass is 330 g/mol. The van der Waals surface area contributed by atoms with Gasteiger partial charge in [0.2, 0.25) is 0 Å². The standard InChI is InChI=1S/C18H22N2O4/c1-11-9-13(5-6-15(11)22-3)17-19-16(18(21)23-4)14-7-8-24-12(2)10-20(14)17/h5-6,9,12H,7-8,10H2,1-4H3/t12-/m1/s1. The number of ether oxygens (including phenoxy) is 3. The van der Waals surface area contributed by atoms with Gasteiger partial charge in [0.15, 0.2) is 5.69 Å². The summed E-state index contributed by atoms with van der Waals surface area (Å²) in [5.41, 5.74) is 3.21. The minimum atomic E-state index is -0.412. The van der Waals surface area contributed by atoms with Gasteiger partial charge in [0.25, 0.3) is 0 Å². The first-order valence-electron chi connectivity index (χ1n) is 7.99. The molecule has 0 amide bonds. The average molecular weight is 330 g/mol. The summed E-state index contributed by atoms with van der Waals surface area (Å²) in [6, 6.07) is 5.89. The Morgan fingerprint density at radius 2 is 2.17 bits per heavy atom. The Morgan fingerprint density at radius 3 is 2.83 bits per heavy atom. The SMILES string of the molecule is COC(=O)c1nc(-c2ccc(OC)c(C)c2)n2c1CCO[C@H](C)C2. The van der Waals surface area contributed by atoms with Crippen molar-refractivity contribution in [3.8, 4) is 17.1 Å². The van der Waals surface area contributed by atoms with Crippen molar-refractivity contribution in [1.29, 1.82) is 0 Å². The molecular weight excluding hydrogens is 308 g/mol. The third kappa shape index (κ3) is 2.89. The number of nitrogens with zero attached hydrogens (tertiary/aromatic N) is 2. The first-order valence-corrected chi connectivity index (χ1v) is 7.99. The van der Waals surface area contributed by atoms with Gasteiger partial charge in [-0.3, -0.25) is 0 Å². The highest BCUT2D eigenvalue weighted by Crippen LogP contribution is 2.29. The molecule has 1 aliphatic heterocycles. The van der Waals surface area contributed by atoms with Gasteiger partial charge in [-0.2, -0.15) is 0 Å². The number of aryl methyl sites for hydroxylation is 1. The zero-order valence-electron chi connectivity index (χ0n) is 14.5. The summed E-state index contributed by atoms with van der Waals surface area (Å²) in [6.45, 7) is 5.23. The van der Waals surface area contributed by atoms with E-state index in [4.69, 9.17) is 14.2 Å². The normalized spacial score (nSPS) is 17.1. The number of benzene rings is 1. The minimum absolute atomic E-state index is 0.0593. The largest absolute Gasteiger partial charge is 0.496 e. The van der Waals surface area contributed by atoms with Crippen molar-refractivity contribution in [2.75, 3.05) is 20.8 Å². The Labute approximate surface area is 141 Å². The number of carbonyl (C=O) groups is 1. The maximum Gasteiger partial charge on any atom is 0.358 e. The van der Waals surface area contributed by atoms with Crippen molar-refractivity contribution in [1.82, 2.24) is 9.55 Å². The summed E-state index contributed by atoms with van der Waals surface area (Å²) >= 11 is 0. The first kappa shape index (κ1) is 16.5. The van der Waals surface area contributed by atoms with Crippen LogP contribution < -0.4 is 4.74 Å². The van der Waals surface area contributed by atoms with Crippen LogP contribution in [0.3, 0.4) is 0 Å². The fourth-order valence-corrected chi connectivity index (χ4v) is 3.10. The van der Waals surface area contributed by atoms with Crippen molar-refractivity contribution >= 4 is 5.97 Å². The second-order valence-corrected chi connectivity index (χ2v) is 5.95. The molecule has 1 atom stereocenters. The predicted molar refractivity (Wildman–Crippen MR) is 89.4 cm³/mol. The van der Waals surface area contributed by atoms with Crippen LogP contribution in [-0.4, -0.2) is 42.5 Å². The third-order valence-electron chi connectivity index (χ3n) is 4.29. The molecule has 0 saturated heterocycles. The predicted octanol–water partition coefficient (Wildman–Crippen LogP) is 2.61. The fourth-order valence-electron chi connectivity index (χ4n) is 3.10. The number of carbonyl (C=O) groups excluding carboxylic acids is 1. The van der Waals surface area contributed by atoms with E-state index in [1.807, 2.05) is 32.0 Å². The Balaban J connectivity index is 2.15. The minimum Gasteiger partial charge on any atom is -0.496 e. The molecule has 0 unspecified atom stereocenters. The summed E-state index contributed by atoms with van der Waals surface area (Å²) in [5, 5.41) is 0. The van der Waals surface area contributed by atoms with E-state index < -0.39 is 5.97 Å². The van der Waals surface area contributed by atoms with Gasteiger partial charge in [-0.1, -0.05) is 0 Å². The van der Waals surface area contributed by atoms with E-state index in [0.29, 0.717) is 25.3 Å². The Hall–Kier alpha value is -2.34. The molecule has 1 aliphatic rings. The maximum atomic E-state index is 12.1. The molecule has 2 aromatic rings. The molecule has 6 nitrogen and oxygen atoms in total. The molecule has 0 saturated carbocycles. The molecule has 24 heavy (non-hydrogen) atoms. The number of aromatic nitrogens is 2. The second kappa shape index (κ2) is 6.65. The highest BCUT2D eigenvalue weighted by molar-refractivity contribution is 5.89. The Bertz CT molecular complexity index is 767. The third-order valence-corrected chi connectivity index (χ3v) is 4.29. The van der Waals surface area contributed by atoms with Crippen LogP contribution >= 0.6 is 0 Å². The van der Waals surface area contributed by atoms with Crippen LogP contribution in [0.25, 0.3) is 11.4 Å². The number of hydrogen-bond acceptors (Lipinski definition) is 5. The van der Waals surface area contributed by atoms with Crippen LogP contribution in [-0.2, 0) is 22.4 Å². The van der Waals surface area contributed by atoms with E-state index in [9.17, 15) is 4.79 Å². The topological polar surface area (TPSA) is 62.6 Å². The Morgan fingerprint density at radius 1 is 1.38 bits per heavy atom. The molecule has 0 N–H and O–H groups in total. The maximum absolute atomic E-state index is 12.1. The summed E-state index contributed by atoms with van der Waals surface area (Å²) in [6.07, 6.45) is 0.695. The van der Waals surface area contributed by atoms with Crippen molar-refractivity contribution in [2.45, 2.75) is 32.9 Å². The second-order valence-electron chi connectivity index (χ2n) is 5.95. The highest BCUT2D eigenvalue weighted by atomic mass is 16.5. The van der Waals surface area contributed by atoms with Crippen LogP contribution in [0.1, 0.15) is 28.7 Å². The molecule has 1 aromatic carbocycles. The summed E-state index contributed by atoms with van der Waals surface area (Å²) in [4.78, 5) is 16.7. The van der Waals surface area contributed by atoms with Crippen LogP contribution in [0.5, 0.6) is 5.75 Å². The molecule has 0 aliphatic carbocycles. The molecule has 2 heterocycles. The zero-order valence-corrected chi connectivity index (χ0v) is 14.5. The quantitative estimate of drug-likeness (QED) is 0.810. The molecule has 3 rings (SSSR count). The smallest absolute Gasteiger partial charge is 0.358 e. The van der Waals surface area contributed by atoms with Crippen LogP contribution in [0.2, 0.25) is 0 Å². The lowest BCUT2D eigenvalue weighted by molar-refractivity contribution is 0.0591. The summed E-state index contributed by atoms with van der Waals surface area (Å²) < 4.78 is 18.0. The van der Waals surface area contributed by atoms with Crippen molar-refractivity contribution < 1.29 is 19.0 Å². The lowest BCUT2D eigenvalue weighted by Gasteiger charge is -2.13. The molecule has 0 fully saturated rings. The van der Waals surface area contributed by atoms with Gasteiger partial charge in [-0.05, 0) is 37.6 Å². The van der Waals surface area contributed by atoms with E-state index in [1.54, 1.807) is 7.11 Å². The zero-order chi connectivity index (χ0) is 17.3. The number of methoxy groups -OCH3 is 2. The van der Waals surface area contributed by atoms with Crippen molar-refractivity contribution in [3.05, 3.63) is 35.2 Å². The summed E-state index contributed by atoms with van der Waals surface area (Å²) in [7, 11) is 3.03. The molecule has 0 spiro atoms. The van der Waals surface area contributed by atoms with E-state index in [-0.39, 0.29) is 6.10 Å². The first-order chi connectivity index (χ1) is 11.5. The highest BCUT2D eigenvalue weighted by Gasteiger charge is 2.26. The van der Waals surface area contributed by atoms with Gasteiger partial charge >= 0.3 is 5.97 Å². The van der Waals surface area contributed by atoms with Gasteiger partial charge in [0.05, 0.1) is 39.2 Å². The van der Waals surface area contributed by atoms with Gasteiger partial charge in [0.1, 0.15) is 11.6 Å². The molecule has 0 bridgehead atoms. The van der Waals surface area contributed by atoms with Gasteiger partial charge in [-0.15, -0.1) is 0 Å². The molecule has 6 heteroatoms. The van der Waals surface area contributed by atoms with E-state index in [0.717, 1.165) is 28.4 Å².